The van der Waals surface area contributed by atoms with Gasteiger partial charge < -0.3 is 14.2 Å². The first kappa shape index (κ1) is 17.8. The molecule has 3 rings (SSSR count). The van der Waals surface area contributed by atoms with E-state index in [0.29, 0.717) is 17.9 Å². The molecule has 0 saturated heterocycles. The second-order valence-electron chi connectivity index (χ2n) is 5.97. The van der Waals surface area contributed by atoms with E-state index in [1.807, 2.05) is 42.5 Å². The van der Waals surface area contributed by atoms with Crippen molar-refractivity contribution in [1.29, 1.82) is 0 Å². The lowest BCUT2D eigenvalue weighted by Crippen LogP contribution is -2.24. The summed E-state index contributed by atoms with van der Waals surface area (Å²) in [5, 5.41) is 6.09. The van der Waals surface area contributed by atoms with Crippen LogP contribution in [0.3, 0.4) is 0 Å². The first-order chi connectivity index (χ1) is 12.6. The molecular formula is C20H22N2O4. The lowest BCUT2D eigenvalue weighted by atomic mass is 9.98. The van der Waals surface area contributed by atoms with Gasteiger partial charge in [-0.15, -0.1) is 0 Å². The highest BCUT2D eigenvalue weighted by Gasteiger charge is 2.32. The maximum Gasteiger partial charge on any atom is 0.240 e. The van der Waals surface area contributed by atoms with Gasteiger partial charge >= 0.3 is 0 Å². The van der Waals surface area contributed by atoms with Crippen molar-refractivity contribution in [3.63, 3.8) is 0 Å². The summed E-state index contributed by atoms with van der Waals surface area (Å²) in [5.74, 6) is 1.96. The van der Waals surface area contributed by atoms with Crippen molar-refractivity contribution in [1.82, 2.24) is 5.01 Å². The molecule has 0 radical (unpaired) electrons. The molecule has 1 aliphatic heterocycles. The van der Waals surface area contributed by atoms with E-state index >= 15 is 0 Å². The lowest BCUT2D eigenvalue weighted by molar-refractivity contribution is -0.130. The number of hydrogen-bond donors (Lipinski definition) is 0. The summed E-state index contributed by atoms with van der Waals surface area (Å²) in [7, 11) is 4.82. The minimum atomic E-state index is -0.176. The van der Waals surface area contributed by atoms with Crippen LogP contribution in [0.4, 0.5) is 0 Å². The smallest absolute Gasteiger partial charge is 0.240 e. The van der Waals surface area contributed by atoms with Crippen molar-refractivity contribution < 1.29 is 19.0 Å². The lowest BCUT2D eigenvalue weighted by Gasteiger charge is -2.21. The van der Waals surface area contributed by atoms with E-state index in [4.69, 9.17) is 14.2 Å². The van der Waals surface area contributed by atoms with Gasteiger partial charge in [0.15, 0.2) is 11.5 Å². The van der Waals surface area contributed by atoms with E-state index in [2.05, 4.69) is 5.10 Å². The summed E-state index contributed by atoms with van der Waals surface area (Å²) < 4.78 is 15.9. The van der Waals surface area contributed by atoms with Gasteiger partial charge in [-0.2, -0.15) is 5.10 Å². The number of benzene rings is 2. The number of carbonyl (C=O) groups is 1. The standard InChI is InChI=1S/C20H22N2O4/c1-13(23)22-18(15-7-10-19(25-3)20(11-15)26-4)12-17(21-22)14-5-8-16(24-2)9-6-14/h5-11,18H,12H2,1-4H3/t18-/m0/s1. The highest BCUT2D eigenvalue weighted by molar-refractivity contribution is 6.03. The second-order valence-corrected chi connectivity index (χ2v) is 5.97. The molecule has 136 valence electrons. The Kier molecular flexibility index (Phi) is 5.11. The molecule has 1 aliphatic rings. The summed E-state index contributed by atoms with van der Waals surface area (Å²) in [6, 6.07) is 13.2. The molecule has 6 heteroatoms. The minimum Gasteiger partial charge on any atom is -0.497 e. The van der Waals surface area contributed by atoms with Crippen molar-refractivity contribution in [3.05, 3.63) is 53.6 Å². The summed E-state index contributed by atoms with van der Waals surface area (Å²) in [4.78, 5) is 12.1. The van der Waals surface area contributed by atoms with Gasteiger partial charge in [0.05, 0.1) is 33.1 Å². The number of amides is 1. The number of methoxy groups -OCH3 is 3. The van der Waals surface area contributed by atoms with E-state index in [0.717, 1.165) is 22.6 Å². The average Bonchev–Trinajstić information content (AvgIpc) is 3.13. The zero-order chi connectivity index (χ0) is 18.7. The van der Waals surface area contributed by atoms with Crippen molar-refractivity contribution in [3.8, 4) is 17.2 Å². The monoisotopic (exact) mass is 354 g/mol. The first-order valence-corrected chi connectivity index (χ1v) is 8.31. The van der Waals surface area contributed by atoms with Crippen LogP contribution in [-0.4, -0.2) is 38.0 Å². The number of hydrogen-bond acceptors (Lipinski definition) is 5. The van der Waals surface area contributed by atoms with Gasteiger partial charge in [-0.25, -0.2) is 5.01 Å². The molecule has 0 bridgehead atoms. The maximum absolute atomic E-state index is 12.1. The topological polar surface area (TPSA) is 60.4 Å². The minimum absolute atomic E-state index is 0.103. The van der Waals surface area contributed by atoms with Crippen LogP contribution in [-0.2, 0) is 4.79 Å². The summed E-state index contributed by atoms with van der Waals surface area (Å²) in [5.41, 5.74) is 2.78. The van der Waals surface area contributed by atoms with Crippen LogP contribution in [0.1, 0.15) is 30.5 Å². The Morgan fingerprint density at radius 1 is 1.00 bits per heavy atom. The maximum atomic E-state index is 12.1. The van der Waals surface area contributed by atoms with Crippen LogP contribution in [0.15, 0.2) is 47.6 Å². The number of rotatable bonds is 5. The molecule has 0 unspecified atom stereocenters. The van der Waals surface area contributed by atoms with E-state index in [9.17, 15) is 4.79 Å². The summed E-state index contributed by atoms with van der Waals surface area (Å²) >= 11 is 0. The van der Waals surface area contributed by atoms with Gasteiger partial charge in [-0.1, -0.05) is 6.07 Å². The fraction of sp³-hybridized carbons (Fsp3) is 0.300. The van der Waals surface area contributed by atoms with Gasteiger partial charge in [0.25, 0.3) is 0 Å². The predicted octanol–water partition coefficient (Wildman–Crippen LogP) is 3.41. The zero-order valence-corrected chi connectivity index (χ0v) is 15.4. The van der Waals surface area contributed by atoms with Gasteiger partial charge in [0.1, 0.15) is 5.75 Å². The van der Waals surface area contributed by atoms with E-state index in [-0.39, 0.29) is 11.9 Å². The second kappa shape index (κ2) is 7.47. The molecule has 0 saturated carbocycles. The summed E-state index contributed by atoms with van der Waals surface area (Å²) in [6.45, 7) is 1.52. The van der Waals surface area contributed by atoms with Crippen molar-refractivity contribution >= 4 is 11.6 Å². The van der Waals surface area contributed by atoms with Crippen LogP contribution < -0.4 is 14.2 Å². The van der Waals surface area contributed by atoms with Crippen LogP contribution in [0, 0.1) is 0 Å². The quantitative estimate of drug-likeness (QED) is 0.826. The molecule has 26 heavy (non-hydrogen) atoms. The summed E-state index contributed by atoms with van der Waals surface area (Å²) in [6.07, 6.45) is 0.626. The Bertz CT molecular complexity index is 830. The van der Waals surface area contributed by atoms with Crippen LogP contribution in [0.25, 0.3) is 0 Å². The molecule has 2 aromatic rings. The number of hydrazone groups is 1. The molecule has 0 N–H and O–H groups in total. The normalized spacial score (nSPS) is 16.2. The SMILES string of the molecule is COc1ccc(C2=NN(C(C)=O)[C@H](c3ccc(OC)c(OC)c3)C2)cc1. The molecule has 0 fully saturated rings. The molecule has 1 heterocycles. The van der Waals surface area contributed by atoms with Crippen molar-refractivity contribution in [2.24, 2.45) is 5.10 Å². The zero-order valence-electron chi connectivity index (χ0n) is 15.4. The van der Waals surface area contributed by atoms with Crippen molar-refractivity contribution in [2.75, 3.05) is 21.3 Å². The Morgan fingerprint density at radius 3 is 2.27 bits per heavy atom. The molecule has 1 atom stereocenters. The highest BCUT2D eigenvalue weighted by Crippen LogP contribution is 2.37. The van der Waals surface area contributed by atoms with Gasteiger partial charge in [-0.3, -0.25) is 4.79 Å². The predicted molar refractivity (Wildman–Crippen MR) is 99.0 cm³/mol. The van der Waals surface area contributed by atoms with Crippen LogP contribution in [0.5, 0.6) is 17.2 Å². The molecule has 0 aromatic heterocycles. The number of nitrogens with zero attached hydrogens (tertiary/aromatic N) is 2. The molecule has 0 spiro atoms. The van der Waals surface area contributed by atoms with E-state index in [1.165, 1.54) is 11.9 Å². The Labute approximate surface area is 153 Å². The number of carbonyl (C=O) groups excluding carboxylic acids is 1. The molecule has 2 aromatic carbocycles. The fourth-order valence-corrected chi connectivity index (χ4v) is 3.08. The van der Waals surface area contributed by atoms with Gasteiger partial charge in [0.2, 0.25) is 5.91 Å². The average molecular weight is 354 g/mol. The van der Waals surface area contributed by atoms with Gasteiger partial charge in [0, 0.05) is 13.3 Å². The first-order valence-electron chi connectivity index (χ1n) is 8.31. The Balaban J connectivity index is 1.92. The Hall–Kier alpha value is -3.02. The molecule has 6 nitrogen and oxygen atoms in total. The molecular weight excluding hydrogens is 332 g/mol. The van der Waals surface area contributed by atoms with E-state index < -0.39 is 0 Å². The highest BCUT2D eigenvalue weighted by atomic mass is 16.5. The van der Waals surface area contributed by atoms with Crippen LogP contribution in [0.2, 0.25) is 0 Å². The Morgan fingerprint density at radius 2 is 1.69 bits per heavy atom. The van der Waals surface area contributed by atoms with Crippen LogP contribution >= 0.6 is 0 Å². The fourth-order valence-electron chi connectivity index (χ4n) is 3.08. The largest absolute Gasteiger partial charge is 0.497 e. The third-order valence-corrected chi connectivity index (χ3v) is 4.45. The number of ether oxygens (including phenoxy) is 3. The molecule has 0 aliphatic carbocycles. The van der Waals surface area contributed by atoms with Crippen molar-refractivity contribution in [2.45, 2.75) is 19.4 Å². The third-order valence-electron chi connectivity index (χ3n) is 4.45. The van der Waals surface area contributed by atoms with E-state index in [1.54, 1.807) is 21.3 Å². The molecule has 1 amide bonds. The van der Waals surface area contributed by atoms with Gasteiger partial charge in [-0.05, 0) is 47.5 Å². The third kappa shape index (κ3) is 3.35.